The molecule has 2 aliphatic rings. The average Bonchev–Trinajstić information content (AvgIpc) is 3.28. The number of nitrogens with zero attached hydrogens (tertiary/aromatic N) is 1. The Balaban J connectivity index is 1.92. The van der Waals surface area contributed by atoms with Crippen LogP contribution in [0.4, 0.5) is 0 Å². The second kappa shape index (κ2) is 4.86. The molecule has 0 aliphatic heterocycles. The lowest BCUT2D eigenvalue weighted by molar-refractivity contribution is 0.358. The summed E-state index contributed by atoms with van der Waals surface area (Å²) in [6, 6.07) is 8.66. The molecule has 3 rings (SSSR count). The largest absolute Gasteiger partial charge is 0.497 e. The van der Waals surface area contributed by atoms with Crippen LogP contribution >= 0.6 is 0 Å². The minimum absolute atomic E-state index is 0.484. The molecule has 0 radical (unpaired) electrons. The Morgan fingerprint density at radius 2 is 2.32 bits per heavy atom. The van der Waals surface area contributed by atoms with Gasteiger partial charge in [-0.25, -0.2) is 0 Å². The molecule has 0 spiro atoms. The van der Waals surface area contributed by atoms with Crippen molar-refractivity contribution >= 4 is 0 Å². The molecule has 1 aromatic rings. The first-order valence-corrected chi connectivity index (χ1v) is 7.11. The van der Waals surface area contributed by atoms with Crippen LogP contribution in [0.1, 0.15) is 36.8 Å². The molecule has 19 heavy (non-hydrogen) atoms. The smallest absolute Gasteiger partial charge is 0.132 e. The van der Waals surface area contributed by atoms with Crippen LogP contribution in [0.5, 0.6) is 5.75 Å². The van der Waals surface area contributed by atoms with Gasteiger partial charge in [-0.2, -0.15) is 5.26 Å². The number of methoxy groups -OCH3 is 1. The van der Waals surface area contributed by atoms with Crippen molar-refractivity contribution in [2.24, 2.45) is 5.92 Å². The van der Waals surface area contributed by atoms with E-state index in [0.29, 0.717) is 0 Å². The monoisotopic (exact) mass is 256 g/mol. The fraction of sp³-hybridized carbons (Fsp3) is 0.562. The topological polar surface area (TPSA) is 45.0 Å². The molecule has 3 heteroatoms. The normalized spacial score (nSPS) is 25.5. The minimum atomic E-state index is -0.484. The van der Waals surface area contributed by atoms with Gasteiger partial charge in [0.2, 0.25) is 0 Å². The van der Waals surface area contributed by atoms with Gasteiger partial charge < -0.3 is 4.74 Å². The van der Waals surface area contributed by atoms with Crippen LogP contribution in [-0.4, -0.2) is 13.7 Å². The molecule has 1 unspecified atom stereocenters. The summed E-state index contributed by atoms with van der Waals surface area (Å²) in [4.78, 5) is 0. The number of hydrogen-bond donors (Lipinski definition) is 1. The van der Waals surface area contributed by atoms with Crippen molar-refractivity contribution in [3.8, 4) is 11.8 Å². The zero-order valence-electron chi connectivity index (χ0n) is 11.4. The van der Waals surface area contributed by atoms with Crippen molar-refractivity contribution in [3.63, 3.8) is 0 Å². The maximum Gasteiger partial charge on any atom is 0.132 e. The number of hydrogen-bond acceptors (Lipinski definition) is 3. The Morgan fingerprint density at radius 1 is 1.47 bits per heavy atom. The van der Waals surface area contributed by atoms with E-state index >= 15 is 0 Å². The minimum Gasteiger partial charge on any atom is -0.497 e. The van der Waals surface area contributed by atoms with Crippen molar-refractivity contribution in [2.45, 2.75) is 37.6 Å². The van der Waals surface area contributed by atoms with Gasteiger partial charge >= 0.3 is 0 Å². The molecule has 1 saturated carbocycles. The lowest BCUT2D eigenvalue weighted by Crippen LogP contribution is -2.44. The number of rotatable bonds is 4. The van der Waals surface area contributed by atoms with Gasteiger partial charge in [0, 0.05) is 0 Å². The Labute approximate surface area is 114 Å². The molecule has 0 heterocycles. The third kappa shape index (κ3) is 2.33. The van der Waals surface area contributed by atoms with Crippen LogP contribution in [0, 0.1) is 17.2 Å². The van der Waals surface area contributed by atoms with Gasteiger partial charge in [-0.3, -0.25) is 5.32 Å². The highest BCUT2D eigenvalue weighted by atomic mass is 16.5. The molecule has 0 amide bonds. The van der Waals surface area contributed by atoms with Crippen molar-refractivity contribution in [2.75, 3.05) is 13.7 Å². The molecule has 1 aromatic carbocycles. The van der Waals surface area contributed by atoms with E-state index in [0.717, 1.165) is 43.0 Å². The summed E-state index contributed by atoms with van der Waals surface area (Å²) in [7, 11) is 1.69. The highest BCUT2D eigenvalue weighted by Crippen LogP contribution is 2.38. The second-order valence-electron chi connectivity index (χ2n) is 5.72. The van der Waals surface area contributed by atoms with E-state index in [2.05, 4.69) is 23.5 Å². The highest BCUT2D eigenvalue weighted by Gasteiger charge is 2.38. The predicted molar refractivity (Wildman–Crippen MR) is 73.9 cm³/mol. The van der Waals surface area contributed by atoms with E-state index in [-0.39, 0.29) is 0 Å². The molecule has 0 bridgehead atoms. The lowest BCUT2D eigenvalue weighted by Gasteiger charge is -2.34. The van der Waals surface area contributed by atoms with E-state index in [4.69, 9.17) is 4.74 Å². The zero-order valence-corrected chi connectivity index (χ0v) is 11.4. The molecule has 1 N–H and O–H groups in total. The van der Waals surface area contributed by atoms with Gasteiger partial charge in [0.1, 0.15) is 11.3 Å². The van der Waals surface area contributed by atoms with Gasteiger partial charge in [-0.05, 0) is 67.8 Å². The van der Waals surface area contributed by atoms with Crippen LogP contribution in [-0.2, 0) is 12.0 Å². The molecule has 3 nitrogen and oxygen atoms in total. The molecule has 0 saturated heterocycles. The van der Waals surface area contributed by atoms with Crippen LogP contribution < -0.4 is 10.1 Å². The first-order chi connectivity index (χ1) is 9.27. The van der Waals surface area contributed by atoms with Gasteiger partial charge in [-0.15, -0.1) is 0 Å². The number of fused-ring (bicyclic) bond motifs is 1. The third-order valence-corrected chi connectivity index (χ3v) is 4.35. The Hall–Kier alpha value is -1.53. The van der Waals surface area contributed by atoms with E-state index in [1.165, 1.54) is 18.4 Å². The van der Waals surface area contributed by atoms with Crippen molar-refractivity contribution in [1.82, 2.24) is 5.32 Å². The molecular formula is C16H20N2O. The summed E-state index contributed by atoms with van der Waals surface area (Å²) in [5.41, 5.74) is 1.93. The second-order valence-corrected chi connectivity index (χ2v) is 5.72. The summed E-state index contributed by atoms with van der Waals surface area (Å²) >= 11 is 0. The summed E-state index contributed by atoms with van der Waals surface area (Å²) in [6.45, 7) is 0.971. The quantitative estimate of drug-likeness (QED) is 0.901. The Bertz CT molecular complexity index is 516. The number of ether oxygens (including phenoxy) is 1. The molecule has 1 fully saturated rings. The molecule has 100 valence electrons. The molecular weight excluding hydrogens is 236 g/mol. The maximum absolute atomic E-state index is 9.70. The third-order valence-electron chi connectivity index (χ3n) is 4.35. The number of benzene rings is 1. The van der Waals surface area contributed by atoms with Gasteiger partial charge in [0.05, 0.1) is 13.2 Å². The summed E-state index contributed by atoms with van der Waals surface area (Å²) in [5.74, 6) is 1.67. The highest BCUT2D eigenvalue weighted by molar-refractivity contribution is 5.45. The van der Waals surface area contributed by atoms with Crippen LogP contribution in [0.3, 0.4) is 0 Å². The molecule has 2 aliphatic carbocycles. The number of nitrogens with one attached hydrogen (secondary N) is 1. The number of aryl methyl sites for hydroxylation is 1. The fourth-order valence-corrected chi connectivity index (χ4v) is 2.98. The fourth-order valence-electron chi connectivity index (χ4n) is 2.98. The van der Waals surface area contributed by atoms with Gasteiger partial charge in [-0.1, -0.05) is 6.07 Å². The molecule has 1 atom stereocenters. The van der Waals surface area contributed by atoms with Gasteiger partial charge in [0.15, 0.2) is 0 Å². The van der Waals surface area contributed by atoms with Crippen molar-refractivity contribution in [1.29, 1.82) is 5.26 Å². The zero-order chi connectivity index (χ0) is 13.3. The van der Waals surface area contributed by atoms with E-state index in [1.54, 1.807) is 7.11 Å². The standard InChI is InChI=1S/C16H20N2O/c1-19-14-6-7-15-13(9-14)3-2-8-16(15,11-17)18-10-12-4-5-12/h6-7,9,12,18H,2-5,8,10H2,1H3. The maximum atomic E-state index is 9.70. The summed E-state index contributed by atoms with van der Waals surface area (Å²) in [6.07, 6.45) is 5.63. The predicted octanol–water partition coefficient (Wildman–Crippen LogP) is 2.75. The summed E-state index contributed by atoms with van der Waals surface area (Å²) in [5, 5.41) is 13.2. The van der Waals surface area contributed by atoms with E-state index in [1.807, 2.05) is 6.07 Å². The lowest BCUT2D eigenvalue weighted by atomic mass is 9.77. The van der Waals surface area contributed by atoms with E-state index in [9.17, 15) is 5.26 Å². The van der Waals surface area contributed by atoms with Gasteiger partial charge in [0.25, 0.3) is 0 Å². The first-order valence-electron chi connectivity index (χ1n) is 7.11. The van der Waals surface area contributed by atoms with Crippen molar-refractivity contribution in [3.05, 3.63) is 29.3 Å². The first kappa shape index (κ1) is 12.5. The molecule has 0 aromatic heterocycles. The Kier molecular flexibility index (Phi) is 3.20. The number of nitriles is 1. The SMILES string of the molecule is COc1ccc2c(c1)CCCC2(C#N)NCC1CC1. The van der Waals surface area contributed by atoms with Crippen LogP contribution in [0.15, 0.2) is 18.2 Å². The Morgan fingerprint density at radius 3 is 3.00 bits per heavy atom. The van der Waals surface area contributed by atoms with Crippen LogP contribution in [0.2, 0.25) is 0 Å². The summed E-state index contributed by atoms with van der Waals surface area (Å²) < 4.78 is 5.29. The van der Waals surface area contributed by atoms with E-state index < -0.39 is 5.54 Å². The van der Waals surface area contributed by atoms with Crippen molar-refractivity contribution < 1.29 is 4.74 Å². The van der Waals surface area contributed by atoms with Crippen LogP contribution in [0.25, 0.3) is 0 Å². The average molecular weight is 256 g/mol.